The molecule has 0 saturated carbocycles. The first-order valence-electron chi connectivity index (χ1n) is 4.65. The monoisotopic (exact) mass is 310 g/mol. The van der Waals surface area contributed by atoms with E-state index in [4.69, 9.17) is 5.73 Å². The maximum atomic E-state index is 12.6. The number of carbonyl (C=O) groups excluding carboxylic acids is 1. The van der Waals surface area contributed by atoms with Gasteiger partial charge < -0.3 is 11.1 Å². The van der Waals surface area contributed by atoms with Gasteiger partial charge in [0.15, 0.2) is 0 Å². The Morgan fingerprint density at radius 2 is 2.06 bits per heavy atom. The topological polar surface area (TPSA) is 55.1 Å². The van der Waals surface area contributed by atoms with Crippen molar-refractivity contribution in [3.05, 3.63) is 28.2 Å². The highest BCUT2D eigenvalue weighted by Crippen LogP contribution is 2.36. The van der Waals surface area contributed by atoms with Gasteiger partial charge in [0.05, 0.1) is 11.6 Å². The smallest absolute Gasteiger partial charge is 0.325 e. The van der Waals surface area contributed by atoms with E-state index in [1.807, 2.05) is 0 Å². The first-order chi connectivity index (χ1) is 7.71. The van der Waals surface area contributed by atoms with Gasteiger partial charge in [-0.2, -0.15) is 13.2 Å². The second-order valence-corrected chi connectivity index (χ2v) is 4.32. The Hall–Kier alpha value is -1.08. The minimum atomic E-state index is -4.48. The minimum absolute atomic E-state index is 0.0582. The van der Waals surface area contributed by atoms with Gasteiger partial charge in [0.25, 0.3) is 0 Å². The molecule has 0 aliphatic carbocycles. The molecule has 1 rings (SSSR count). The molecule has 0 fully saturated rings. The number of rotatable bonds is 2. The molecule has 17 heavy (non-hydrogen) atoms. The zero-order chi connectivity index (χ0) is 13.2. The Morgan fingerprint density at radius 1 is 1.47 bits per heavy atom. The average Bonchev–Trinajstić information content (AvgIpc) is 2.19. The van der Waals surface area contributed by atoms with Crippen LogP contribution in [-0.2, 0) is 11.0 Å². The fourth-order valence-corrected chi connectivity index (χ4v) is 1.55. The van der Waals surface area contributed by atoms with Gasteiger partial charge in [0, 0.05) is 10.2 Å². The maximum Gasteiger partial charge on any atom is 0.417 e. The lowest BCUT2D eigenvalue weighted by atomic mass is 10.2. The van der Waals surface area contributed by atoms with Gasteiger partial charge in [-0.3, -0.25) is 4.79 Å². The van der Waals surface area contributed by atoms with Crippen LogP contribution in [0.3, 0.4) is 0 Å². The minimum Gasteiger partial charge on any atom is -0.325 e. The molecule has 3 nitrogen and oxygen atoms in total. The molecule has 0 bridgehead atoms. The Bertz CT molecular complexity index is 432. The van der Waals surface area contributed by atoms with Gasteiger partial charge in [-0.05, 0) is 25.1 Å². The van der Waals surface area contributed by atoms with E-state index in [1.165, 1.54) is 19.1 Å². The summed E-state index contributed by atoms with van der Waals surface area (Å²) in [5.74, 6) is -0.541. The summed E-state index contributed by atoms with van der Waals surface area (Å²) in [6.45, 7) is 1.44. The predicted octanol–water partition coefficient (Wildman–Crippen LogP) is 2.75. The molecule has 1 atom stereocenters. The third kappa shape index (κ3) is 3.71. The number of anilines is 1. The van der Waals surface area contributed by atoms with Crippen LogP contribution in [0.5, 0.6) is 0 Å². The molecular formula is C10H10BrF3N2O. The number of nitrogens with one attached hydrogen (secondary N) is 1. The summed E-state index contributed by atoms with van der Waals surface area (Å²) in [6, 6.07) is 2.65. The molecule has 1 aromatic rings. The second kappa shape index (κ2) is 5.05. The van der Waals surface area contributed by atoms with E-state index in [0.29, 0.717) is 0 Å². The number of hydrogen-bond donors (Lipinski definition) is 2. The molecule has 1 aromatic carbocycles. The summed E-state index contributed by atoms with van der Waals surface area (Å²) in [5, 5.41) is 2.30. The van der Waals surface area contributed by atoms with Gasteiger partial charge in [0.2, 0.25) is 5.91 Å². The number of benzene rings is 1. The summed E-state index contributed by atoms with van der Waals surface area (Å²) in [6.07, 6.45) is -4.48. The average molecular weight is 311 g/mol. The Kier molecular flexibility index (Phi) is 4.16. The Morgan fingerprint density at radius 3 is 2.53 bits per heavy atom. The molecule has 0 aromatic heterocycles. The molecule has 1 unspecified atom stereocenters. The van der Waals surface area contributed by atoms with Gasteiger partial charge in [-0.1, -0.05) is 15.9 Å². The number of amides is 1. The number of carbonyl (C=O) groups is 1. The molecule has 94 valence electrons. The summed E-state index contributed by atoms with van der Waals surface area (Å²) in [7, 11) is 0. The molecule has 3 N–H and O–H groups in total. The lowest BCUT2D eigenvalue weighted by Crippen LogP contribution is -2.32. The van der Waals surface area contributed by atoms with E-state index in [2.05, 4.69) is 21.2 Å². The van der Waals surface area contributed by atoms with Crippen molar-refractivity contribution in [3.63, 3.8) is 0 Å². The van der Waals surface area contributed by atoms with Crippen LogP contribution >= 0.6 is 15.9 Å². The summed E-state index contributed by atoms with van der Waals surface area (Å²) in [4.78, 5) is 11.2. The number of alkyl halides is 3. The van der Waals surface area contributed by atoms with E-state index in [1.54, 1.807) is 0 Å². The van der Waals surface area contributed by atoms with Crippen LogP contribution < -0.4 is 11.1 Å². The van der Waals surface area contributed by atoms with Gasteiger partial charge in [-0.15, -0.1) is 0 Å². The van der Waals surface area contributed by atoms with Crippen LogP contribution in [0.25, 0.3) is 0 Å². The molecule has 1 amide bonds. The van der Waals surface area contributed by atoms with Gasteiger partial charge >= 0.3 is 6.18 Å². The molecule has 7 heteroatoms. The van der Waals surface area contributed by atoms with Crippen LogP contribution in [0, 0.1) is 0 Å². The molecule has 0 saturated heterocycles. The van der Waals surface area contributed by atoms with Crippen molar-refractivity contribution in [2.45, 2.75) is 19.1 Å². The largest absolute Gasteiger partial charge is 0.417 e. The van der Waals surface area contributed by atoms with Crippen molar-refractivity contribution >= 4 is 27.5 Å². The van der Waals surface area contributed by atoms with Crippen molar-refractivity contribution in [3.8, 4) is 0 Å². The van der Waals surface area contributed by atoms with Crippen molar-refractivity contribution in [2.24, 2.45) is 5.73 Å². The summed E-state index contributed by atoms with van der Waals surface area (Å²) >= 11 is 2.80. The van der Waals surface area contributed by atoms with Crippen LogP contribution in [0.4, 0.5) is 18.9 Å². The number of nitrogens with two attached hydrogens (primary N) is 1. The van der Waals surface area contributed by atoms with Crippen molar-refractivity contribution < 1.29 is 18.0 Å². The number of halogens is 4. The highest BCUT2D eigenvalue weighted by molar-refractivity contribution is 9.10. The van der Waals surface area contributed by atoms with E-state index in [9.17, 15) is 18.0 Å². The first kappa shape index (κ1) is 14.0. The summed E-state index contributed by atoms with van der Waals surface area (Å²) < 4.78 is 37.6. The summed E-state index contributed by atoms with van der Waals surface area (Å²) in [5.41, 5.74) is 4.50. The second-order valence-electron chi connectivity index (χ2n) is 3.47. The van der Waals surface area contributed by atoms with Crippen molar-refractivity contribution in [2.75, 3.05) is 5.32 Å². The fourth-order valence-electron chi connectivity index (χ4n) is 1.08. The normalized spacial score (nSPS) is 13.3. The Balaban J connectivity index is 3.01. The number of hydrogen-bond acceptors (Lipinski definition) is 2. The van der Waals surface area contributed by atoms with E-state index in [-0.39, 0.29) is 10.2 Å². The standard InChI is InChI=1S/C10H10BrF3N2O/c1-5(15)9(17)16-6-2-3-8(11)7(4-6)10(12,13)14/h2-5H,15H2,1H3,(H,16,17). The Labute approximate surface area is 104 Å². The van der Waals surface area contributed by atoms with Crippen LogP contribution in [0.15, 0.2) is 22.7 Å². The van der Waals surface area contributed by atoms with Crippen LogP contribution in [0.2, 0.25) is 0 Å². The van der Waals surface area contributed by atoms with E-state index in [0.717, 1.165) is 6.07 Å². The zero-order valence-electron chi connectivity index (χ0n) is 8.81. The van der Waals surface area contributed by atoms with Crippen LogP contribution in [0.1, 0.15) is 12.5 Å². The lowest BCUT2D eigenvalue weighted by Gasteiger charge is -2.12. The van der Waals surface area contributed by atoms with Crippen molar-refractivity contribution in [1.82, 2.24) is 0 Å². The van der Waals surface area contributed by atoms with E-state index >= 15 is 0 Å². The highest BCUT2D eigenvalue weighted by Gasteiger charge is 2.33. The van der Waals surface area contributed by atoms with Gasteiger partial charge in [0.1, 0.15) is 0 Å². The maximum absolute atomic E-state index is 12.6. The molecular weight excluding hydrogens is 301 g/mol. The molecule has 0 spiro atoms. The van der Waals surface area contributed by atoms with Crippen molar-refractivity contribution in [1.29, 1.82) is 0 Å². The third-order valence-corrected chi connectivity index (χ3v) is 2.64. The van der Waals surface area contributed by atoms with Gasteiger partial charge in [-0.25, -0.2) is 0 Å². The van der Waals surface area contributed by atoms with E-state index < -0.39 is 23.7 Å². The fraction of sp³-hybridized carbons (Fsp3) is 0.300. The lowest BCUT2D eigenvalue weighted by molar-refractivity contribution is -0.138. The molecule has 0 aliphatic heterocycles. The highest BCUT2D eigenvalue weighted by atomic mass is 79.9. The quantitative estimate of drug-likeness (QED) is 0.882. The first-order valence-corrected chi connectivity index (χ1v) is 5.44. The predicted molar refractivity (Wildman–Crippen MR) is 61.4 cm³/mol. The third-order valence-electron chi connectivity index (χ3n) is 1.95. The molecule has 0 radical (unpaired) electrons. The molecule has 0 aliphatic rings. The molecule has 0 heterocycles. The van der Waals surface area contributed by atoms with Crippen LogP contribution in [-0.4, -0.2) is 11.9 Å². The zero-order valence-corrected chi connectivity index (χ0v) is 10.4. The SMILES string of the molecule is CC(N)C(=O)Nc1ccc(Br)c(C(F)(F)F)c1.